The fourth-order valence-electron chi connectivity index (χ4n) is 11.4. The molecule has 0 saturated carbocycles. The van der Waals surface area contributed by atoms with Crippen molar-refractivity contribution in [1.82, 2.24) is 0 Å². The molecule has 0 aliphatic carbocycles. The molecule has 0 bridgehead atoms. The zero-order valence-electron chi connectivity index (χ0n) is 61.4. The number of aliphatic hydroxyl groups excluding tert-OH is 1. The molecule has 0 spiro atoms. The van der Waals surface area contributed by atoms with Crippen LogP contribution >= 0.6 is 15.6 Å². The minimum atomic E-state index is -4.96. The molecule has 19 heteroatoms. The molecule has 558 valence electrons. The highest BCUT2D eigenvalue weighted by Crippen LogP contribution is 2.45. The number of aliphatic hydroxyl groups is 1. The predicted octanol–water partition coefficient (Wildman–Crippen LogP) is 21.8. The van der Waals surface area contributed by atoms with Crippen LogP contribution < -0.4 is 0 Å². The minimum Gasteiger partial charge on any atom is -0.462 e. The van der Waals surface area contributed by atoms with Crippen LogP contribution in [-0.4, -0.2) is 96.7 Å². The second kappa shape index (κ2) is 65.7. The summed E-state index contributed by atoms with van der Waals surface area (Å²) >= 11 is 0. The van der Waals surface area contributed by atoms with Crippen molar-refractivity contribution in [2.24, 2.45) is 17.8 Å². The second-order valence-corrected chi connectivity index (χ2v) is 31.4. The summed E-state index contributed by atoms with van der Waals surface area (Å²) in [5, 5.41) is 10.6. The molecular weight excluding hydrogens is 1230 g/mol. The van der Waals surface area contributed by atoms with E-state index in [1.165, 1.54) is 193 Å². The SMILES string of the molecule is CCCCCCCCCCCC(=O)OC[C@H](COP(=O)(O)OC[C@H](O)COP(=O)(O)OC[C@@H](COC(=O)CCCCCCCCCCCCCC(C)C)OC(=O)CCCCCCCCCCCCCCCCCC(C)C)OC(=O)CCCCCCCCCCCCC(C)C. The molecular formula is C75H146O17P2. The van der Waals surface area contributed by atoms with Gasteiger partial charge in [0, 0.05) is 25.7 Å². The van der Waals surface area contributed by atoms with E-state index in [9.17, 15) is 43.2 Å². The molecule has 0 heterocycles. The average molecular weight is 1380 g/mol. The summed E-state index contributed by atoms with van der Waals surface area (Å²) in [6, 6.07) is 0. The predicted molar refractivity (Wildman–Crippen MR) is 381 cm³/mol. The van der Waals surface area contributed by atoms with Crippen molar-refractivity contribution in [3.05, 3.63) is 0 Å². The van der Waals surface area contributed by atoms with Crippen LogP contribution in [0.2, 0.25) is 0 Å². The third kappa shape index (κ3) is 68.6. The highest BCUT2D eigenvalue weighted by atomic mass is 31.2. The van der Waals surface area contributed by atoms with E-state index >= 15 is 0 Å². The van der Waals surface area contributed by atoms with E-state index in [1.807, 2.05) is 0 Å². The molecule has 0 aromatic rings. The summed E-state index contributed by atoms with van der Waals surface area (Å²) in [5.41, 5.74) is 0. The van der Waals surface area contributed by atoms with Gasteiger partial charge in [0.15, 0.2) is 12.2 Å². The summed E-state index contributed by atoms with van der Waals surface area (Å²) in [6.07, 6.45) is 51.3. The summed E-state index contributed by atoms with van der Waals surface area (Å²) in [6.45, 7) is 11.9. The van der Waals surface area contributed by atoms with Gasteiger partial charge < -0.3 is 33.8 Å². The molecule has 5 atom stereocenters. The Morgan fingerprint density at radius 1 is 0.287 bits per heavy atom. The van der Waals surface area contributed by atoms with Crippen LogP contribution in [0.4, 0.5) is 0 Å². The number of hydrogen-bond donors (Lipinski definition) is 3. The fourth-order valence-corrected chi connectivity index (χ4v) is 13.0. The lowest BCUT2D eigenvalue weighted by atomic mass is 10.0. The van der Waals surface area contributed by atoms with Crippen LogP contribution in [0.1, 0.15) is 382 Å². The smallest absolute Gasteiger partial charge is 0.462 e. The maximum absolute atomic E-state index is 13.1. The van der Waals surface area contributed by atoms with Crippen LogP contribution in [0, 0.1) is 17.8 Å². The monoisotopic (exact) mass is 1380 g/mol. The highest BCUT2D eigenvalue weighted by Gasteiger charge is 2.30. The summed E-state index contributed by atoms with van der Waals surface area (Å²) in [4.78, 5) is 72.7. The molecule has 0 rings (SSSR count). The molecule has 0 amide bonds. The van der Waals surface area contributed by atoms with Gasteiger partial charge in [0.05, 0.1) is 26.4 Å². The van der Waals surface area contributed by atoms with E-state index in [0.717, 1.165) is 108 Å². The minimum absolute atomic E-state index is 0.106. The first-order valence-corrected chi connectivity index (χ1v) is 41.8. The Morgan fingerprint density at radius 2 is 0.489 bits per heavy atom. The van der Waals surface area contributed by atoms with Gasteiger partial charge in [-0.05, 0) is 43.4 Å². The Balaban J connectivity index is 5.23. The van der Waals surface area contributed by atoms with E-state index in [0.29, 0.717) is 25.7 Å². The van der Waals surface area contributed by atoms with Crippen LogP contribution in [0.25, 0.3) is 0 Å². The van der Waals surface area contributed by atoms with Crippen LogP contribution in [-0.2, 0) is 65.4 Å². The number of esters is 4. The first-order chi connectivity index (χ1) is 45.2. The largest absolute Gasteiger partial charge is 0.472 e. The second-order valence-electron chi connectivity index (χ2n) is 28.5. The van der Waals surface area contributed by atoms with Crippen molar-refractivity contribution in [1.29, 1.82) is 0 Å². The number of carbonyl (C=O) groups excluding carboxylic acids is 4. The quantitative estimate of drug-likeness (QED) is 0.0222. The van der Waals surface area contributed by atoms with E-state index in [4.69, 9.17) is 37.0 Å². The molecule has 2 unspecified atom stereocenters. The number of unbranched alkanes of at least 4 members (excludes halogenated alkanes) is 41. The van der Waals surface area contributed by atoms with Crippen molar-refractivity contribution in [3.63, 3.8) is 0 Å². The lowest BCUT2D eigenvalue weighted by Crippen LogP contribution is -2.30. The van der Waals surface area contributed by atoms with E-state index in [1.54, 1.807) is 0 Å². The van der Waals surface area contributed by atoms with Gasteiger partial charge >= 0.3 is 39.5 Å². The molecule has 3 N–H and O–H groups in total. The van der Waals surface area contributed by atoms with E-state index in [-0.39, 0.29) is 25.7 Å². The highest BCUT2D eigenvalue weighted by molar-refractivity contribution is 7.47. The molecule has 0 aromatic heterocycles. The van der Waals surface area contributed by atoms with Gasteiger partial charge in [0.1, 0.15) is 19.3 Å². The topological polar surface area (TPSA) is 237 Å². The number of carbonyl (C=O) groups is 4. The number of hydrogen-bond acceptors (Lipinski definition) is 15. The maximum atomic E-state index is 13.1. The van der Waals surface area contributed by atoms with Gasteiger partial charge in [-0.2, -0.15) is 0 Å². The van der Waals surface area contributed by atoms with Crippen molar-refractivity contribution in [2.75, 3.05) is 39.6 Å². The van der Waals surface area contributed by atoms with Crippen molar-refractivity contribution in [2.45, 2.75) is 401 Å². The Morgan fingerprint density at radius 3 is 0.723 bits per heavy atom. The molecule has 0 radical (unpaired) electrons. The van der Waals surface area contributed by atoms with Crippen LogP contribution in [0.3, 0.4) is 0 Å². The summed E-state index contributed by atoms with van der Waals surface area (Å²) in [7, 11) is -9.91. The first kappa shape index (κ1) is 92.1. The number of ether oxygens (including phenoxy) is 4. The Kier molecular flexibility index (Phi) is 64.3. The van der Waals surface area contributed by atoms with Gasteiger partial charge in [0.2, 0.25) is 0 Å². The summed E-state index contributed by atoms with van der Waals surface area (Å²) < 4.78 is 68.5. The lowest BCUT2D eigenvalue weighted by molar-refractivity contribution is -0.161. The molecule has 0 aliphatic heterocycles. The Bertz CT molecular complexity index is 1840. The number of phosphoric acid groups is 2. The molecule has 94 heavy (non-hydrogen) atoms. The average Bonchev–Trinajstić information content (AvgIpc) is 1.55. The van der Waals surface area contributed by atoms with Crippen molar-refractivity contribution >= 4 is 39.5 Å². The van der Waals surface area contributed by atoms with Crippen molar-refractivity contribution in [3.8, 4) is 0 Å². The normalized spacial score (nSPS) is 14.1. The molecule has 0 aliphatic rings. The zero-order valence-corrected chi connectivity index (χ0v) is 63.2. The molecule has 0 saturated heterocycles. The number of phosphoric ester groups is 2. The third-order valence-corrected chi connectivity index (χ3v) is 19.3. The van der Waals surface area contributed by atoms with Crippen LogP contribution in [0.15, 0.2) is 0 Å². The van der Waals surface area contributed by atoms with E-state index in [2.05, 4.69) is 48.5 Å². The van der Waals surface area contributed by atoms with Gasteiger partial charge in [-0.15, -0.1) is 0 Å². The standard InChI is InChI=1S/C75H146O17P2/c1-8-9-10-11-12-25-35-42-49-56-72(77)85-62-70(92-75(80)59-52-45-38-31-24-23-28-34-41-48-55-68(6)7)64-89-93(81,82)87-60-69(76)61-88-94(83,84)90-65-71(63-86-73(78)57-50-43-36-29-22-18-20-27-33-40-47-54-67(4)5)91-74(79)58-51-44-37-30-21-17-15-13-14-16-19-26-32-39-46-53-66(2)3/h66-71,76H,8-65H2,1-7H3,(H,81,82)(H,83,84)/t69-,70+,71+/m0/s1. The van der Waals surface area contributed by atoms with Gasteiger partial charge in [-0.3, -0.25) is 37.3 Å². The van der Waals surface area contributed by atoms with Crippen molar-refractivity contribution < 1.29 is 80.2 Å². The molecule has 17 nitrogen and oxygen atoms in total. The maximum Gasteiger partial charge on any atom is 0.472 e. The molecule has 0 aromatic carbocycles. The third-order valence-electron chi connectivity index (χ3n) is 17.4. The lowest BCUT2D eigenvalue weighted by Gasteiger charge is -2.21. The molecule has 0 fully saturated rings. The number of rotatable bonds is 73. The Labute approximate surface area is 575 Å². The van der Waals surface area contributed by atoms with Gasteiger partial charge in [0.25, 0.3) is 0 Å². The van der Waals surface area contributed by atoms with Crippen LogP contribution in [0.5, 0.6) is 0 Å². The first-order valence-electron chi connectivity index (χ1n) is 38.8. The van der Waals surface area contributed by atoms with Gasteiger partial charge in [-0.25, -0.2) is 9.13 Å². The van der Waals surface area contributed by atoms with Gasteiger partial charge in [-0.1, -0.05) is 331 Å². The fraction of sp³-hybridized carbons (Fsp3) is 0.947. The zero-order chi connectivity index (χ0) is 69.4. The van der Waals surface area contributed by atoms with E-state index < -0.39 is 97.5 Å². The Hall–Kier alpha value is -1.94. The summed E-state index contributed by atoms with van der Waals surface area (Å²) in [5.74, 6) is 0.206.